The lowest BCUT2D eigenvalue weighted by atomic mass is 10.2. The van der Waals surface area contributed by atoms with Gasteiger partial charge < -0.3 is 20.3 Å². The van der Waals surface area contributed by atoms with Gasteiger partial charge in [-0.3, -0.25) is 19.4 Å². The first-order valence-electron chi connectivity index (χ1n) is 11.9. The van der Waals surface area contributed by atoms with E-state index in [4.69, 9.17) is 21.2 Å². The number of hydroxylamine groups is 1. The number of halogens is 4. The number of carbonyl (C=O) groups is 3. The fourth-order valence-electron chi connectivity index (χ4n) is 3.34. The zero-order valence-corrected chi connectivity index (χ0v) is 22.1. The minimum atomic E-state index is -4.67. The molecule has 14 heteroatoms. The van der Waals surface area contributed by atoms with E-state index in [1.165, 1.54) is 48.7 Å². The van der Waals surface area contributed by atoms with Gasteiger partial charge in [0.05, 0.1) is 10.6 Å². The van der Waals surface area contributed by atoms with Crippen molar-refractivity contribution in [3.8, 4) is 11.5 Å². The lowest BCUT2D eigenvalue weighted by molar-refractivity contribution is -0.138. The molecule has 212 valence electrons. The molecule has 4 amide bonds. The number of benzene rings is 2. The number of rotatable bonds is 10. The monoisotopic (exact) mass is 579 g/mol. The molecule has 1 heterocycles. The Morgan fingerprint density at radius 3 is 2.23 bits per heavy atom. The first-order chi connectivity index (χ1) is 19.0. The highest BCUT2D eigenvalue weighted by Crippen LogP contribution is 2.36. The summed E-state index contributed by atoms with van der Waals surface area (Å²) in [7, 11) is 0. The number of amides is 4. The average Bonchev–Trinajstić information content (AvgIpc) is 2.91. The molecule has 40 heavy (non-hydrogen) atoms. The van der Waals surface area contributed by atoms with Gasteiger partial charge in [0.25, 0.3) is 11.8 Å². The Morgan fingerprint density at radius 2 is 1.57 bits per heavy atom. The number of hydrogen-bond acceptors (Lipinski definition) is 6. The van der Waals surface area contributed by atoms with Gasteiger partial charge in [0.1, 0.15) is 17.2 Å². The largest absolute Gasteiger partial charge is 0.457 e. The van der Waals surface area contributed by atoms with Crippen molar-refractivity contribution in [1.82, 2.24) is 15.4 Å². The van der Waals surface area contributed by atoms with Gasteiger partial charge in [-0.25, -0.2) is 10.3 Å². The Kier molecular flexibility index (Phi) is 10.3. The molecule has 0 unspecified atom stereocenters. The number of aromatic nitrogens is 1. The normalized spacial score (nSPS) is 10.9. The van der Waals surface area contributed by atoms with E-state index >= 15 is 0 Å². The SMILES string of the molecule is CCN(CC)C(=O)CONC(=O)c1cc(Oc2ccc(NC(=O)Nc3ccc(Cl)c(C(F)(F)F)c3)cc2)ccn1. The average molecular weight is 580 g/mol. The second-order valence-corrected chi connectivity index (χ2v) is 8.47. The molecule has 2 aromatic carbocycles. The number of alkyl halides is 3. The maximum absolute atomic E-state index is 13.0. The summed E-state index contributed by atoms with van der Waals surface area (Å²) < 4.78 is 44.8. The van der Waals surface area contributed by atoms with Crippen LogP contribution in [0.2, 0.25) is 5.02 Å². The summed E-state index contributed by atoms with van der Waals surface area (Å²) in [6.07, 6.45) is -3.31. The van der Waals surface area contributed by atoms with Crippen LogP contribution >= 0.6 is 11.6 Å². The third-order valence-corrected chi connectivity index (χ3v) is 5.65. The van der Waals surface area contributed by atoms with Gasteiger partial charge in [0, 0.05) is 36.7 Å². The first-order valence-corrected chi connectivity index (χ1v) is 12.3. The van der Waals surface area contributed by atoms with Crippen LogP contribution in [0.15, 0.2) is 60.8 Å². The molecule has 0 saturated heterocycles. The minimum absolute atomic E-state index is 0.0152. The molecule has 0 aliphatic heterocycles. The summed E-state index contributed by atoms with van der Waals surface area (Å²) in [6.45, 7) is 4.38. The van der Waals surface area contributed by atoms with Crippen LogP contribution in [0.5, 0.6) is 11.5 Å². The highest BCUT2D eigenvalue weighted by molar-refractivity contribution is 6.31. The minimum Gasteiger partial charge on any atom is -0.457 e. The van der Waals surface area contributed by atoms with Crippen molar-refractivity contribution < 1.29 is 37.1 Å². The van der Waals surface area contributed by atoms with Gasteiger partial charge in [-0.2, -0.15) is 13.2 Å². The quantitative estimate of drug-likeness (QED) is 0.264. The number of nitrogens with one attached hydrogen (secondary N) is 3. The highest BCUT2D eigenvalue weighted by Gasteiger charge is 2.33. The summed E-state index contributed by atoms with van der Waals surface area (Å²) in [5, 5.41) is 4.33. The van der Waals surface area contributed by atoms with Crippen LogP contribution in [0.4, 0.5) is 29.3 Å². The lowest BCUT2D eigenvalue weighted by Gasteiger charge is -2.18. The molecule has 0 spiro atoms. The third-order valence-electron chi connectivity index (χ3n) is 5.32. The standard InChI is InChI=1S/C26H25ClF3N5O5/c1-3-35(4-2)23(36)15-39-34-24(37)22-14-19(11-12-31-22)40-18-8-5-16(6-9-18)32-25(38)33-17-7-10-21(27)20(13-17)26(28,29)30/h5-14H,3-4,15H2,1-2H3,(H,34,37)(H2,32,33,38). The predicted octanol–water partition coefficient (Wildman–Crippen LogP) is 5.72. The van der Waals surface area contributed by atoms with Crippen LogP contribution in [0, 0.1) is 0 Å². The van der Waals surface area contributed by atoms with E-state index in [-0.39, 0.29) is 29.6 Å². The molecule has 0 aliphatic carbocycles. The zero-order chi connectivity index (χ0) is 29.3. The molecule has 1 aromatic heterocycles. The van der Waals surface area contributed by atoms with E-state index in [2.05, 4.69) is 21.1 Å². The van der Waals surface area contributed by atoms with Crippen molar-refractivity contribution in [1.29, 1.82) is 0 Å². The van der Waals surface area contributed by atoms with E-state index in [0.717, 1.165) is 12.1 Å². The lowest BCUT2D eigenvalue weighted by Crippen LogP contribution is -2.36. The summed E-state index contributed by atoms with van der Waals surface area (Å²) in [5.74, 6) is -0.309. The summed E-state index contributed by atoms with van der Waals surface area (Å²) in [4.78, 5) is 47.0. The van der Waals surface area contributed by atoms with Crippen molar-refractivity contribution in [2.45, 2.75) is 20.0 Å². The number of pyridine rings is 1. The van der Waals surface area contributed by atoms with Crippen molar-refractivity contribution in [3.63, 3.8) is 0 Å². The van der Waals surface area contributed by atoms with Crippen molar-refractivity contribution in [3.05, 3.63) is 77.1 Å². The Balaban J connectivity index is 1.54. The molecular formula is C26H25ClF3N5O5. The Bertz CT molecular complexity index is 1350. The number of ether oxygens (including phenoxy) is 1. The zero-order valence-electron chi connectivity index (χ0n) is 21.3. The van der Waals surface area contributed by atoms with E-state index in [9.17, 15) is 27.6 Å². The molecule has 0 bridgehead atoms. The van der Waals surface area contributed by atoms with Crippen LogP contribution in [-0.4, -0.2) is 47.4 Å². The fraction of sp³-hybridized carbons (Fsp3) is 0.231. The highest BCUT2D eigenvalue weighted by atomic mass is 35.5. The Morgan fingerprint density at radius 1 is 0.925 bits per heavy atom. The number of hydrogen-bond donors (Lipinski definition) is 3. The van der Waals surface area contributed by atoms with Gasteiger partial charge >= 0.3 is 12.2 Å². The Hall–Kier alpha value is -4.36. The molecule has 0 aliphatic rings. The maximum atomic E-state index is 13.0. The number of likely N-dealkylation sites (N-methyl/N-ethyl adjacent to an activating group) is 1. The van der Waals surface area contributed by atoms with Crippen molar-refractivity contribution in [2.24, 2.45) is 0 Å². The van der Waals surface area contributed by atoms with Crippen molar-refractivity contribution in [2.75, 3.05) is 30.3 Å². The second-order valence-electron chi connectivity index (χ2n) is 8.06. The van der Waals surface area contributed by atoms with Crippen LogP contribution in [0.3, 0.4) is 0 Å². The van der Waals surface area contributed by atoms with E-state index in [0.29, 0.717) is 24.5 Å². The number of urea groups is 1. The molecule has 0 radical (unpaired) electrons. The van der Waals surface area contributed by atoms with Crippen LogP contribution < -0.4 is 20.9 Å². The summed E-state index contributed by atoms with van der Waals surface area (Å²) >= 11 is 5.59. The number of carbonyl (C=O) groups excluding carboxylic acids is 3. The maximum Gasteiger partial charge on any atom is 0.417 e. The number of anilines is 2. The summed E-state index contributed by atoms with van der Waals surface area (Å²) in [5.41, 5.74) is 1.33. The van der Waals surface area contributed by atoms with Crippen molar-refractivity contribution >= 4 is 40.8 Å². The fourth-order valence-corrected chi connectivity index (χ4v) is 3.56. The topological polar surface area (TPSA) is 122 Å². The summed E-state index contributed by atoms with van der Waals surface area (Å²) in [6, 6.07) is 11.2. The molecular weight excluding hydrogens is 555 g/mol. The molecule has 10 nitrogen and oxygen atoms in total. The number of nitrogens with zero attached hydrogens (tertiary/aromatic N) is 2. The Labute approximate surface area is 232 Å². The first kappa shape index (κ1) is 30.2. The van der Waals surface area contributed by atoms with Gasteiger partial charge in [0.2, 0.25) is 0 Å². The molecule has 0 atom stereocenters. The third kappa shape index (κ3) is 8.58. The molecule has 3 aromatic rings. The van der Waals surface area contributed by atoms with Gasteiger partial charge in [-0.05, 0) is 62.4 Å². The molecule has 3 rings (SSSR count). The predicted molar refractivity (Wildman–Crippen MR) is 141 cm³/mol. The van der Waals surface area contributed by atoms with Gasteiger partial charge in [0.15, 0.2) is 6.61 Å². The van der Waals surface area contributed by atoms with Crippen LogP contribution in [0.25, 0.3) is 0 Å². The van der Waals surface area contributed by atoms with Crippen LogP contribution in [-0.2, 0) is 15.8 Å². The van der Waals surface area contributed by atoms with Crippen LogP contribution in [0.1, 0.15) is 29.9 Å². The smallest absolute Gasteiger partial charge is 0.417 e. The molecule has 0 fully saturated rings. The van der Waals surface area contributed by atoms with Gasteiger partial charge in [-0.15, -0.1) is 0 Å². The molecule has 3 N–H and O–H groups in total. The molecule has 0 saturated carbocycles. The van der Waals surface area contributed by atoms with E-state index in [1.807, 2.05) is 13.8 Å². The van der Waals surface area contributed by atoms with E-state index < -0.39 is 28.7 Å². The van der Waals surface area contributed by atoms with Gasteiger partial charge in [-0.1, -0.05) is 11.6 Å². The van der Waals surface area contributed by atoms with E-state index in [1.54, 1.807) is 4.90 Å². The second kappa shape index (κ2) is 13.6.